The first-order valence-electron chi connectivity index (χ1n) is 9.42. The van der Waals surface area contributed by atoms with Gasteiger partial charge >= 0.3 is 23.9 Å². The molecular weight excluding hydrogens is 561 g/mol. The molecule has 0 aromatic heterocycles. The van der Waals surface area contributed by atoms with Crippen LogP contribution in [0, 0.1) is 3.57 Å². The second kappa shape index (κ2) is 13.2. The summed E-state index contributed by atoms with van der Waals surface area (Å²) in [7, 11) is -3.69. The summed E-state index contributed by atoms with van der Waals surface area (Å²) in [6.07, 6.45) is -0.323. The molecule has 1 aromatic rings. The smallest absolute Gasteiger partial charge is 0.326 e. The molecule has 0 radical (unpaired) electrons. The van der Waals surface area contributed by atoms with Crippen LogP contribution in [0.15, 0.2) is 29.2 Å². The van der Waals surface area contributed by atoms with Gasteiger partial charge in [0.2, 0.25) is 10.0 Å². The average molecular weight is 585 g/mol. The number of amides is 2. The number of unbranched alkanes of at least 4 members (excludes halogenated alkanes) is 1. The first kappa shape index (κ1) is 27.6. The second-order valence-electron chi connectivity index (χ2n) is 6.68. The van der Waals surface area contributed by atoms with Crippen LogP contribution >= 0.6 is 22.6 Å². The fourth-order valence-electron chi connectivity index (χ4n) is 2.52. The van der Waals surface area contributed by atoms with Gasteiger partial charge in [-0.05, 0) is 72.5 Å². The second-order valence-corrected chi connectivity index (χ2v) is 9.69. The van der Waals surface area contributed by atoms with E-state index in [-0.39, 0.29) is 30.7 Å². The van der Waals surface area contributed by atoms with E-state index in [1.807, 2.05) is 27.9 Å². The van der Waals surface area contributed by atoms with Crippen molar-refractivity contribution in [1.82, 2.24) is 15.4 Å². The predicted molar refractivity (Wildman–Crippen MR) is 120 cm³/mol. The van der Waals surface area contributed by atoms with Crippen molar-refractivity contribution >= 4 is 56.6 Å². The summed E-state index contributed by atoms with van der Waals surface area (Å²) in [6.45, 7) is 0.0587. The quantitative estimate of drug-likeness (QED) is 0.135. The van der Waals surface area contributed by atoms with Crippen molar-refractivity contribution < 1.29 is 42.9 Å². The van der Waals surface area contributed by atoms with E-state index in [1.54, 1.807) is 12.1 Å². The van der Waals surface area contributed by atoms with Gasteiger partial charge in [0, 0.05) is 16.5 Å². The number of sulfonamides is 1. The number of rotatable bonds is 14. The highest BCUT2D eigenvalue weighted by atomic mass is 127. The fraction of sp³-hybridized carbons (Fsp3) is 0.444. The Morgan fingerprint density at radius 3 is 1.91 bits per heavy atom. The molecule has 1 aromatic carbocycles. The largest absolute Gasteiger partial charge is 0.481 e. The minimum absolute atomic E-state index is 0.0269. The van der Waals surface area contributed by atoms with Crippen LogP contribution in [0.3, 0.4) is 0 Å². The van der Waals surface area contributed by atoms with E-state index in [4.69, 9.17) is 10.2 Å². The number of urea groups is 1. The van der Waals surface area contributed by atoms with Gasteiger partial charge in [-0.3, -0.25) is 4.79 Å². The van der Waals surface area contributed by atoms with E-state index >= 15 is 0 Å². The molecule has 0 spiro atoms. The first-order valence-corrected chi connectivity index (χ1v) is 12.0. The van der Waals surface area contributed by atoms with E-state index in [0.717, 1.165) is 3.57 Å². The fourth-order valence-corrected chi connectivity index (χ4v) is 3.95. The molecule has 0 saturated carbocycles. The van der Waals surface area contributed by atoms with Crippen LogP contribution in [0.4, 0.5) is 4.79 Å². The Balaban J connectivity index is 2.48. The first-order chi connectivity index (χ1) is 14.9. The van der Waals surface area contributed by atoms with Gasteiger partial charge in [0.25, 0.3) is 0 Å². The molecular formula is C18H24IN3O9S. The van der Waals surface area contributed by atoms with Gasteiger partial charge in [-0.25, -0.2) is 27.5 Å². The number of carboxylic acids is 3. The monoisotopic (exact) mass is 585 g/mol. The number of carboxylic acid groups (broad SMARTS) is 3. The Hall–Kier alpha value is -2.46. The number of nitrogens with one attached hydrogen (secondary N) is 3. The van der Waals surface area contributed by atoms with Crippen LogP contribution < -0.4 is 15.4 Å². The Labute approximate surface area is 198 Å². The molecule has 0 aliphatic carbocycles. The van der Waals surface area contributed by atoms with E-state index in [1.165, 1.54) is 12.1 Å². The number of aliphatic carboxylic acids is 3. The number of carbonyl (C=O) groups is 4. The summed E-state index contributed by atoms with van der Waals surface area (Å²) >= 11 is 2.05. The number of halogens is 1. The van der Waals surface area contributed by atoms with Crippen LogP contribution in [-0.2, 0) is 24.4 Å². The highest BCUT2D eigenvalue weighted by Gasteiger charge is 2.24. The molecule has 1 rings (SSSR count). The molecule has 0 bridgehead atoms. The van der Waals surface area contributed by atoms with Crippen LogP contribution in [0.5, 0.6) is 0 Å². The predicted octanol–water partition coefficient (Wildman–Crippen LogP) is 0.810. The maximum Gasteiger partial charge on any atom is 0.326 e. The molecule has 14 heteroatoms. The van der Waals surface area contributed by atoms with Crippen LogP contribution in [-0.4, -0.2) is 66.3 Å². The lowest BCUT2D eigenvalue weighted by Gasteiger charge is -2.18. The Kier molecular flexibility index (Phi) is 11.3. The highest BCUT2D eigenvalue weighted by Crippen LogP contribution is 2.12. The lowest BCUT2D eigenvalue weighted by Crippen LogP contribution is -2.51. The SMILES string of the molecule is O=C(O)CCC(NC(=O)NC(CCCCNS(=O)(=O)c1ccc(I)cc1)C(=O)O)C(=O)O. The maximum absolute atomic E-state index is 12.2. The van der Waals surface area contributed by atoms with Crippen LogP contribution in [0.2, 0.25) is 0 Å². The van der Waals surface area contributed by atoms with Crippen molar-refractivity contribution in [2.75, 3.05) is 6.54 Å². The van der Waals surface area contributed by atoms with Gasteiger partial charge in [-0.2, -0.15) is 0 Å². The molecule has 0 aliphatic heterocycles. The maximum atomic E-state index is 12.2. The van der Waals surface area contributed by atoms with E-state index < -0.39 is 52.5 Å². The van der Waals surface area contributed by atoms with Crippen LogP contribution in [0.25, 0.3) is 0 Å². The normalized spacial score (nSPS) is 13.0. The van der Waals surface area contributed by atoms with E-state index in [0.29, 0.717) is 6.42 Å². The highest BCUT2D eigenvalue weighted by molar-refractivity contribution is 14.1. The van der Waals surface area contributed by atoms with Crippen molar-refractivity contribution in [1.29, 1.82) is 0 Å². The average Bonchev–Trinajstić information content (AvgIpc) is 2.69. The van der Waals surface area contributed by atoms with Crippen molar-refractivity contribution in [3.05, 3.63) is 27.8 Å². The third kappa shape index (κ3) is 10.2. The molecule has 0 heterocycles. The topological polar surface area (TPSA) is 199 Å². The van der Waals surface area contributed by atoms with Crippen molar-refractivity contribution in [3.8, 4) is 0 Å². The summed E-state index contributed by atoms with van der Waals surface area (Å²) in [6, 6.07) is 2.35. The minimum atomic E-state index is -3.69. The summed E-state index contributed by atoms with van der Waals surface area (Å²) in [5.74, 6) is -4.04. The van der Waals surface area contributed by atoms with Crippen molar-refractivity contribution in [2.45, 2.75) is 49.1 Å². The summed E-state index contributed by atoms with van der Waals surface area (Å²) < 4.78 is 27.7. The van der Waals surface area contributed by atoms with Crippen LogP contribution in [0.1, 0.15) is 32.1 Å². The number of hydrogen-bond acceptors (Lipinski definition) is 6. The zero-order valence-corrected chi connectivity index (χ0v) is 19.8. The summed E-state index contributed by atoms with van der Waals surface area (Å²) in [4.78, 5) is 45.1. The molecule has 0 fully saturated rings. The van der Waals surface area contributed by atoms with Gasteiger partial charge in [-0.1, -0.05) is 0 Å². The molecule has 2 amide bonds. The van der Waals surface area contributed by atoms with E-state index in [9.17, 15) is 32.7 Å². The minimum Gasteiger partial charge on any atom is -0.481 e. The van der Waals surface area contributed by atoms with Gasteiger partial charge in [0.1, 0.15) is 12.1 Å². The Morgan fingerprint density at radius 2 is 1.41 bits per heavy atom. The van der Waals surface area contributed by atoms with Crippen molar-refractivity contribution in [3.63, 3.8) is 0 Å². The molecule has 6 N–H and O–H groups in total. The molecule has 0 saturated heterocycles. The number of carbonyl (C=O) groups excluding carboxylic acids is 1. The molecule has 32 heavy (non-hydrogen) atoms. The Morgan fingerprint density at radius 1 is 0.875 bits per heavy atom. The molecule has 12 nitrogen and oxygen atoms in total. The molecule has 0 aliphatic rings. The number of hydrogen-bond donors (Lipinski definition) is 6. The molecule has 178 valence electrons. The van der Waals surface area contributed by atoms with Gasteiger partial charge in [-0.15, -0.1) is 0 Å². The van der Waals surface area contributed by atoms with E-state index in [2.05, 4.69) is 10.0 Å². The summed E-state index contributed by atoms with van der Waals surface area (Å²) in [5.41, 5.74) is 0. The summed E-state index contributed by atoms with van der Waals surface area (Å²) in [5, 5.41) is 31.1. The third-order valence-electron chi connectivity index (χ3n) is 4.19. The lowest BCUT2D eigenvalue weighted by atomic mass is 10.1. The molecule has 2 unspecified atom stereocenters. The Bertz CT molecular complexity index is 922. The van der Waals surface area contributed by atoms with Crippen molar-refractivity contribution in [2.24, 2.45) is 0 Å². The van der Waals surface area contributed by atoms with Gasteiger partial charge < -0.3 is 26.0 Å². The van der Waals surface area contributed by atoms with Gasteiger partial charge in [0.15, 0.2) is 0 Å². The van der Waals surface area contributed by atoms with Gasteiger partial charge in [0.05, 0.1) is 4.90 Å². The number of benzene rings is 1. The standard InChI is InChI=1S/C18H24IN3O9S/c19-11-4-6-12(7-5-11)32(30,31)20-10-2-1-3-13(16(25)26)21-18(29)22-14(17(27)28)8-9-15(23)24/h4-7,13-14,20H,1-3,8-10H2,(H,23,24)(H,25,26)(H,27,28)(H2,21,22,29). The zero-order valence-electron chi connectivity index (χ0n) is 16.8. The molecule has 2 atom stereocenters. The third-order valence-corrected chi connectivity index (χ3v) is 6.39. The lowest BCUT2D eigenvalue weighted by molar-refractivity contribution is -0.140. The zero-order chi connectivity index (χ0) is 24.3.